The Bertz CT molecular complexity index is 1210. The summed E-state index contributed by atoms with van der Waals surface area (Å²) in [5.41, 5.74) is 2.23. The van der Waals surface area contributed by atoms with Crippen molar-refractivity contribution >= 4 is 35.0 Å². The first-order valence-electron chi connectivity index (χ1n) is 12.3. The van der Waals surface area contributed by atoms with Gasteiger partial charge >= 0.3 is 12.0 Å². The predicted molar refractivity (Wildman–Crippen MR) is 138 cm³/mol. The smallest absolute Gasteiger partial charge is 0.324 e. The average Bonchev–Trinajstić information content (AvgIpc) is 3.34. The minimum absolute atomic E-state index is 0.0968. The third kappa shape index (κ3) is 4.44. The number of fused-ring (bicyclic) bond motifs is 1. The van der Waals surface area contributed by atoms with Gasteiger partial charge in [-0.15, -0.1) is 0 Å². The summed E-state index contributed by atoms with van der Waals surface area (Å²) in [5, 5.41) is 10.2. The number of piperidine rings is 1. The molecule has 0 unspecified atom stereocenters. The van der Waals surface area contributed by atoms with Gasteiger partial charge in [0.1, 0.15) is 0 Å². The molecule has 0 saturated carbocycles. The van der Waals surface area contributed by atoms with Gasteiger partial charge in [0.05, 0.1) is 5.41 Å². The van der Waals surface area contributed by atoms with Crippen LogP contribution in [0.25, 0.3) is 0 Å². The van der Waals surface area contributed by atoms with E-state index < -0.39 is 11.4 Å². The van der Waals surface area contributed by atoms with E-state index in [1.807, 2.05) is 84.9 Å². The van der Waals surface area contributed by atoms with Crippen LogP contribution in [0.1, 0.15) is 24.8 Å². The minimum Gasteiger partial charge on any atom is -0.481 e. The molecule has 2 aliphatic rings. The zero-order valence-electron chi connectivity index (χ0n) is 20.0. The molecule has 1 fully saturated rings. The summed E-state index contributed by atoms with van der Waals surface area (Å²) < 4.78 is 0. The van der Waals surface area contributed by atoms with Gasteiger partial charge in [0.15, 0.2) is 0 Å². The second kappa shape index (κ2) is 9.85. The number of likely N-dealkylation sites (tertiary alicyclic amines) is 1. The fourth-order valence-corrected chi connectivity index (χ4v) is 5.26. The number of amides is 3. The van der Waals surface area contributed by atoms with Crippen LogP contribution in [0.4, 0.5) is 21.9 Å². The van der Waals surface area contributed by atoms with Gasteiger partial charge in [0, 0.05) is 43.1 Å². The molecule has 2 heterocycles. The van der Waals surface area contributed by atoms with Crippen LogP contribution in [0.2, 0.25) is 0 Å². The van der Waals surface area contributed by atoms with Gasteiger partial charge in [-0.1, -0.05) is 54.6 Å². The van der Waals surface area contributed by atoms with E-state index in [1.54, 1.807) is 14.7 Å². The van der Waals surface area contributed by atoms with Crippen molar-refractivity contribution < 1.29 is 19.5 Å². The zero-order chi connectivity index (χ0) is 25.1. The van der Waals surface area contributed by atoms with Gasteiger partial charge in [-0.05, 0) is 55.2 Å². The lowest BCUT2D eigenvalue weighted by atomic mass is 9.75. The average molecular weight is 484 g/mol. The lowest BCUT2D eigenvalue weighted by Gasteiger charge is -2.40. The molecule has 7 nitrogen and oxygen atoms in total. The Balaban J connectivity index is 1.33. The number of carbonyl (C=O) groups excluding carboxylic acids is 2. The van der Waals surface area contributed by atoms with Gasteiger partial charge in [0.25, 0.3) is 0 Å². The maximum atomic E-state index is 13.7. The molecule has 36 heavy (non-hydrogen) atoms. The first-order valence-corrected chi connectivity index (χ1v) is 12.3. The van der Waals surface area contributed by atoms with Crippen LogP contribution in [0, 0.1) is 5.41 Å². The highest BCUT2D eigenvalue weighted by Crippen LogP contribution is 2.39. The van der Waals surface area contributed by atoms with Crippen molar-refractivity contribution in [3.63, 3.8) is 0 Å². The van der Waals surface area contributed by atoms with Crippen molar-refractivity contribution in [3.8, 4) is 0 Å². The first kappa shape index (κ1) is 23.6. The topological polar surface area (TPSA) is 81.2 Å². The second-order valence-electron chi connectivity index (χ2n) is 9.46. The van der Waals surface area contributed by atoms with Crippen molar-refractivity contribution in [1.29, 1.82) is 0 Å². The molecule has 0 aromatic heterocycles. The molecule has 0 aliphatic carbocycles. The summed E-state index contributed by atoms with van der Waals surface area (Å²) in [6, 6.07) is 26.3. The minimum atomic E-state index is -1.22. The van der Waals surface area contributed by atoms with Gasteiger partial charge in [-0.3, -0.25) is 19.4 Å². The third-order valence-corrected chi connectivity index (χ3v) is 7.33. The van der Waals surface area contributed by atoms with Crippen LogP contribution in [0.5, 0.6) is 0 Å². The standard InChI is InChI=1S/C29H29N3O4/c33-26(32(23-10-3-1-4-11-23)24-12-5-2-6-13-24)21-29(27(34)35)16-19-30(20-17-29)28(36)31-18-15-22-9-7-8-14-25(22)31/h1-14H,15-21H2,(H,34,35). The monoisotopic (exact) mass is 483 g/mol. The van der Waals surface area contributed by atoms with Gasteiger partial charge < -0.3 is 10.0 Å². The Labute approximate surface area is 210 Å². The van der Waals surface area contributed by atoms with Crippen LogP contribution < -0.4 is 9.80 Å². The summed E-state index contributed by atoms with van der Waals surface area (Å²) >= 11 is 0. The quantitative estimate of drug-likeness (QED) is 0.548. The molecule has 184 valence electrons. The summed E-state index contributed by atoms with van der Waals surface area (Å²) in [6.07, 6.45) is 1.14. The lowest BCUT2D eigenvalue weighted by Crippen LogP contribution is -2.51. The molecule has 1 N–H and O–H groups in total. The molecule has 3 amide bonds. The van der Waals surface area contributed by atoms with Crippen molar-refractivity contribution in [3.05, 3.63) is 90.5 Å². The van der Waals surface area contributed by atoms with Crippen LogP contribution >= 0.6 is 0 Å². The Morgan fingerprint density at radius 3 is 1.92 bits per heavy atom. The van der Waals surface area contributed by atoms with E-state index in [1.165, 1.54) is 0 Å². The van der Waals surface area contributed by atoms with Gasteiger partial charge in [-0.25, -0.2) is 4.79 Å². The van der Waals surface area contributed by atoms with Crippen molar-refractivity contribution in [1.82, 2.24) is 4.90 Å². The molecule has 0 atom stereocenters. The maximum Gasteiger partial charge on any atom is 0.324 e. The predicted octanol–water partition coefficient (Wildman–Crippen LogP) is 5.09. The summed E-state index contributed by atoms with van der Waals surface area (Å²) in [7, 11) is 0. The molecule has 5 rings (SSSR count). The van der Waals surface area contributed by atoms with Crippen LogP contribution in [-0.4, -0.2) is 47.5 Å². The van der Waals surface area contributed by atoms with E-state index in [9.17, 15) is 19.5 Å². The lowest BCUT2D eigenvalue weighted by molar-refractivity contribution is -0.154. The Morgan fingerprint density at radius 2 is 1.33 bits per heavy atom. The zero-order valence-corrected chi connectivity index (χ0v) is 20.0. The van der Waals surface area contributed by atoms with Crippen molar-refractivity contribution in [2.24, 2.45) is 5.41 Å². The number of benzene rings is 3. The van der Waals surface area contributed by atoms with E-state index in [0.717, 1.165) is 17.7 Å². The van der Waals surface area contributed by atoms with Gasteiger partial charge in [-0.2, -0.15) is 0 Å². The van der Waals surface area contributed by atoms with Crippen molar-refractivity contribution in [2.75, 3.05) is 29.4 Å². The van der Waals surface area contributed by atoms with E-state index in [-0.39, 0.29) is 31.2 Å². The maximum absolute atomic E-state index is 13.7. The molecular formula is C29H29N3O4. The first-order chi connectivity index (χ1) is 17.5. The number of hydrogen-bond acceptors (Lipinski definition) is 3. The molecule has 1 saturated heterocycles. The molecule has 0 radical (unpaired) electrons. The van der Waals surface area contributed by atoms with Crippen LogP contribution in [0.3, 0.4) is 0 Å². The largest absolute Gasteiger partial charge is 0.481 e. The number of anilines is 3. The number of rotatable bonds is 5. The van der Waals surface area contributed by atoms with Crippen LogP contribution in [0.15, 0.2) is 84.9 Å². The van der Waals surface area contributed by atoms with E-state index in [2.05, 4.69) is 0 Å². The van der Waals surface area contributed by atoms with Crippen LogP contribution in [-0.2, 0) is 16.0 Å². The molecule has 2 aliphatic heterocycles. The number of carboxylic acids is 1. The molecular weight excluding hydrogens is 454 g/mol. The Morgan fingerprint density at radius 1 is 0.778 bits per heavy atom. The SMILES string of the molecule is O=C(N1CCC(CC(=O)N(c2ccccc2)c2ccccc2)(C(=O)O)CC1)N1CCc2ccccc21. The number of aliphatic carboxylic acids is 1. The highest BCUT2D eigenvalue weighted by molar-refractivity contribution is 6.02. The summed E-state index contributed by atoms with van der Waals surface area (Å²) in [5.74, 6) is -1.27. The number of hydrogen-bond donors (Lipinski definition) is 1. The molecule has 3 aromatic carbocycles. The Kier molecular flexibility index (Phi) is 6.46. The molecule has 7 heteroatoms. The van der Waals surface area contributed by atoms with Crippen molar-refractivity contribution in [2.45, 2.75) is 25.7 Å². The van der Waals surface area contributed by atoms with E-state index in [0.29, 0.717) is 31.0 Å². The normalized spacial score (nSPS) is 16.3. The highest BCUT2D eigenvalue weighted by atomic mass is 16.4. The van der Waals surface area contributed by atoms with E-state index >= 15 is 0 Å². The number of para-hydroxylation sites is 3. The van der Waals surface area contributed by atoms with E-state index in [4.69, 9.17) is 0 Å². The molecule has 3 aromatic rings. The highest BCUT2D eigenvalue weighted by Gasteiger charge is 2.46. The fourth-order valence-electron chi connectivity index (χ4n) is 5.26. The fraction of sp³-hybridized carbons (Fsp3) is 0.276. The molecule has 0 bridgehead atoms. The summed E-state index contributed by atoms with van der Waals surface area (Å²) in [6.45, 7) is 1.22. The summed E-state index contributed by atoms with van der Waals surface area (Å²) in [4.78, 5) is 44.5. The second-order valence-corrected chi connectivity index (χ2v) is 9.46. The Hall–Kier alpha value is -4.13. The third-order valence-electron chi connectivity index (χ3n) is 7.33. The number of carboxylic acid groups (broad SMARTS) is 1. The molecule has 0 spiro atoms. The number of carbonyl (C=O) groups is 3. The number of nitrogens with zero attached hydrogens (tertiary/aromatic N) is 3. The van der Waals surface area contributed by atoms with Gasteiger partial charge in [0.2, 0.25) is 5.91 Å². The number of urea groups is 1.